The molecule has 0 spiro atoms. The summed E-state index contributed by atoms with van der Waals surface area (Å²) in [7, 11) is 3.73. The number of nitrogens with zero attached hydrogens (tertiary/aromatic N) is 6. The van der Waals surface area contributed by atoms with E-state index in [4.69, 9.17) is 10.3 Å². The first kappa shape index (κ1) is 27.6. The standard InChI is InChI=1S/C24H20F4N8O2.ClH/c1-34(2)12-21-30-7-8-35(21)13-3-5-17(16(25)10-13)31-23(37)18-11-20(24(26,27)28)32-36(18)14-4-6-19-15(9-14)22(29)33-38-19;/h3-11H,12H2,1-2H3,(H2,29,33)(H,31,37);1H. The summed E-state index contributed by atoms with van der Waals surface area (Å²) in [5.41, 5.74) is 4.60. The number of hydrogen-bond acceptors (Lipinski definition) is 7. The molecule has 0 unspecified atom stereocenters. The zero-order chi connectivity index (χ0) is 27.2. The van der Waals surface area contributed by atoms with Crippen LogP contribution < -0.4 is 11.1 Å². The number of amides is 1. The Bertz CT molecular complexity index is 1660. The number of nitrogens with two attached hydrogens (primary N) is 1. The van der Waals surface area contributed by atoms with E-state index in [1.807, 2.05) is 19.0 Å². The zero-order valence-corrected chi connectivity index (χ0v) is 21.2. The van der Waals surface area contributed by atoms with Gasteiger partial charge < -0.3 is 25.0 Å². The lowest BCUT2D eigenvalue weighted by Gasteiger charge is -2.13. The smallest absolute Gasteiger partial charge is 0.380 e. The van der Waals surface area contributed by atoms with E-state index < -0.39 is 29.3 Å². The summed E-state index contributed by atoms with van der Waals surface area (Å²) in [4.78, 5) is 19.3. The number of aromatic nitrogens is 5. The van der Waals surface area contributed by atoms with E-state index in [9.17, 15) is 18.0 Å². The molecular formula is C24H21ClF4N8O2. The van der Waals surface area contributed by atoms with E-state index >= 15 is 4.39 Å². The molecule has 3 N–H and O–H groups in total. The van der Waals surface area contributed by atoms with Gasteiger partial charge in [0, 0.05) is 30.2 Å². The summed E-state index contributed by atoms with van der Waals surface area (Å²) in [5, 5.41) is 9.84. The minimum absolute atomic E-state index is 0. The van der Waals surface area contributed by atoms with E-state index in [0.29, 0.717) is 35.1 Å². The second-order valence-corrected chi connectivity index (χ2v) is 8.64. The molecule has 15 heteroatoms. The van der Waals surface area contributed by atoms with E-state index in [1.54, 1.807) is 23.0 Å². The van der Waals surface area contributed by atoms with Crippen LogP contribution in [0.15, 0.2) is 59.4 Å². The summed E-state index contributed by atoms with van der Waals surface area (Å²) >= 11 is 0. The molecule has 0 saturated heterocycles. The normalized spacial score (nSPS) is 11.7. The highest BCUT2D eigenvalue weighted by molar-refractivity contribution is 6.04. The number of carbonyl (C=O) groups excluding carboxylic acids is 1. The fourth-order valence-corrected chi connectivity index (χ4v) is 3.87. The number of anilines is 2. The van der Waals surface area contributed by atoms with Crippen molar-refractivity contribution in [3.05, 3.63) is 77.9 Å². The molecule has 0 atom stereocenters. The van der Waals surface area contributed by atoms with Crippen molar-refractivity contribution in [2.75, 3.05) is 25.1 Å². The van der Waals surface area contributed by atoms with Gasteiger partial charge in [-0.1, -0.05) is 5.16 Å². The van der Waals surface area contributed by atoms with Gasteiger partial charge in [-0.25, -0.2) is 14.1 Å². The fraction of sp³-hybridized carbons (Fsp3) is 0.167. The van der Waals surface area contributed by atoms with Crippen LogP contribution in [0.3, 0.4) is 0 Å². The van der Waals surface area contributed by atoms with Crippen molar-refractivity contribution in [1.29, 1.82) is 0 Å². The van der Waals surface area contributed by atoms with Gasteiger partial charge >= 0.3 is 6.18 Å². The summed E-state index contributed by atoms with van der Waals surface area (Å²) in [5.74, 6) is -1.11. The van der Waals surface area contributed by atoms with Crippen molar-refractivity contribution in [3.63, 3.8) is 0 Å². The molecule has 0 aliphatic rings. The molecule has 39 heavy (non-hydrogen) atoms. The van der Waals surface area contributed by atoms with Crippen LogP contribution in [0.5, 0.6) is 0 Å². The summed E-state index contributed by atoms with van der Waals surface area (Å²) in [6.45, 7) is 0.505. The number of nitrogen functional groups attached to an aromatic ring is 1. The Balaban J connectivity index is 0.00000353. The Morgan fingerprint density at radius 2 is 1.87 bits per heavy atom. The molecule has 0 fully saturated rings. The number of rotatable bonds is 6. The number of nitrogens with one attached hydrogen (secondary N) is 1. The van der Waals surface area contributed by atoms with Crippen LogP contribution in [-0.4, -0.2) is 49.4 Å². The largest absolute Gasteiger partial charge is 0.435 e. The number of hydrogen-bond donors (Lipinski definition) is 2. The van der Waals surface area contributed by atoms with Crippen molar-refractivity contribution in [2.24, 2.45) is 0 Å². The van der Waals surface area contributed by atoms with Crippen molar-refractivity contribution in [1.82, 2.24) is 29.4 Å². The van der Waals surface area contributed by atoms with E-state index in [2.05, 4.69) is 20.6 Å². The molecule has 2 aromatic carbocycles. The Kier molecular flexibility index (Phi) is 7.35. The van der Waals surface area contributed by atoms with Crippen LogP contribution in [0, 0.1) is 5.82 Å². The average Bonchev–Trinajstić information content (AvgIpc) is 3.58. The van der Waals surface area contributed by atoms with Crippen molar-refractivity contribution in [3.8, 4) is 11.4 Å². The Morgan fingerprint density at radius 1 is 1.13 bits per heavy atom. The summed E-state index contributed by atoms with van der Waals surface area (Å²) in [6, 6.07) is 8.86. The van der Waals surface area contributed by atoms with E-state index in [1.165, 1.54) is 30.3 Å². The predicted molar refractivity (Wildman–Crippen MR) is 137 cm³/mol. The topological polar surface area (TPSA) is 120 Å². The third-order valence-electron chi connectivity index (χ3n) is 5.61. The average molecular weight is 565 g/mol. The predicted octanol–water partition coefficient (Wildman–Crippen LogP) is 4.68. The van der Waals surface area contributed by atoms with Gasteiger partial charge in [0.1, 0.15) is 17.3 Å². The third-order valence-corrected chi connectivity index (χ3v) is 5.61. The lowest BCUT2D eigenvalue weighted by Crippen LogP contribution is -2.18. The van der Waals surface area contributed by atoms with Crippen LogP contribution in [0.4, 0.5) is 29.1 Å². The zero-order valence-electron chi connectivity index (χ0n) is 20.4. The molecule has 3 aromatic heterocycles. The minimum Gasteiger partial charge on any atom is -0.380 e. The summed E-state index contributed by atoms with van der Waals surface area (Å²) < 4.78 is 63.0. The molecular weight excluding hydrogens is 544 g/mol. The van der Waals surface area contributed by atoms with Crippen molar-refractivity contribution >= 4 is 40.8 Å². The number of imidazole rings is 1. The molecule has 204 valence electrons. The molecule has 1 amide bonds. The number of halogens is 5. The molecule has 0 bridgehead atoms. The van der Waals surface area contributed by atoms with Crippen LogP contribution in [-0.2, 0) is 12.7 Å². The third kappa shape index (κ3) is 5.42. The first-order chi connectivity index (χ1) is 18.0. The SMILES string of the molecule is CN(C)Cc1nccn1-c1ccc(NC(=O)c2cc(C(F)(F)F)nn2-c2ccc3onc(N)c3c2)c(F)c1.Cl. The summed E-state index contributed by atoms with van der Waals surface area (Å²) in [6.07, 6.45) is -1.58. The fourth-order valence-electron chi connectivity index (χ4n) is 3.87. The highest BCUT2D eigenvalue weighted by Crippen LogP contribution is 2.31. The molecule has 0 saturated carbocycles. The van der Waals surface area contributed by atoms with Gasteiger partial charge in [0.05, 0.1) is 23.3 Å². The van der Waals surface area contributed by atoms with Gasteiger partial charge in [-0.2, -0.15) is 18.3 Å². The van der Waals surface area contributed by atoms with Gasteiger partial charge in [-0.15, -0.1) is 12.4 Å². The molecule has 0 aliphatic heterocycles. The highest BCUT2D eigenvalue weighted by atomic mass is 35.5. The molecule has 3 heterocycles. The van der Waals surface area contributed by atoms with Crippen LogP contribution in [0.25, 0.3) is 22.3 Å². The van der Waals surface area contributed by atoms with E-state index in [-0.39, 0.29) is 29.6 Å². The van der Waals surface area contributed by atoms with Gasteiger partial charge in [-0.05, 0) is 44.4 Å². The van der Waals surface area contributed by atoms with Crippen molar-refractivity contribution in [2.45, 2.75) is 12.7 Å². The number of fused-ring (bicyclic) bond motifs is 1. The molecule has 0 radical (unpaired) electrons. The maximum atomic E-state index is 15.0. The first-order valence-corrected chi connectivity index (χ1v) is 11.1. The number of benzene rings is 2. The highest BCUT2D eigenvalue weighted by Gasteiger charge is 2.36. The maximum Gasteiger partial charge on any atom is 0.435 e. The second kappa shape index (κ2) is 10.4. The van der Waals surface area contributed by atoms with Gasteiger partial charge in [0.2, 0.25) is 0 Å². The van der Waals surface area contributed by atoms with Crippen LogP contribution >= 0.6 is 12.4 Å². The van der Waals surface area contributed by atoms with Crippen LogP contribution in [0.2, 0.25) is 0 Å². The quantitative estimate of drug-likeness (QED) is 0.287. The van der Waals surface area contributed by atoms with Gasteiger partial charge in [-0.3, -0.25) is 4.79 Å². The maximum absolute atomic E-state index is 15.0. The molecule has 0 aliphatic carbocycles. The minimum atomic E-state index is -4.83. The second-order valence-electron chi connectivity index (χ2n) is 8.64. The Labute approximate surface area is 224 Å². The Hall–Kier alpha value is -4.43. The molecule has 10 nitrogen and oxygen atoms in total. The first-order valence-electron chi connectivity index (χ1n) is 11.1. The van der Waals surface area contributed by atoms with Gasteiger partial charge in [0.25, 0.3) is 5.91 Å². The number of carbonyl (C=O) groups is 1. The Morgan fingerprint density at radius 3 is 2.56 bits per heavy atom. The lowest BCUT2D eigenvalue weighted by atomic mass is 10.2. The molecule has 5 aromatic rings. The van der Waals surface area contributed by atoms with Crippen LogP contribution in [0.1, 0.15) is 22.0 Å². The van der Waals surface area contributed by atoms with E-state index in [0.717, 1.165) is 4.68 Å². The number of alkyl halides is 3. The molecule has 5 rings (SSSR count). The van der Waals surface area contributed by atoms with Gasteiger partial charge in [0.15, 0.2) is 17.1 Å². The lowest BCUT2D eigenvalue weighted by molar-refractivity contribution is -0.141. The van der Waals surface area contributed by atoms with Crippen molar-refractivity contribution < 1.29 is 26.9 Å². The monoisotopic (exact) mass is 564 g/mol.